The molecule has 1 atom stereocenters. The van der Waals surface area contributed by atoms with Crippen molar-refractivity contribution >= 4 is 29.0 Å². The number of rotatable bonds is 7. The molecule has 0 radical (unpaired) electrons. The number of benzene rings is 2. The van der Waals surface area contributed by atoms with Crippen LogP contribution in [0.25, 0.3) is 0 Å². The number of carbonyl (C=O) groups is 1. The van der Waals surface area contributed by atoms with Crippen LogP contribution in [0.5, 0.6) is 0 Å². The van der Waals surface area contributed by atoms with E-state index in [1.807, 2.05) is 54.4 Å². The molecule has 0 spiro atoms. The highest BCUT2D eigenvalue weighted by Gasteiger charge is 2.25. The first kappa shape index (κ1) is 19.4. The molecule has 140 valence electrons. The maximum atomic E-state index is 13.0. The van der Waals surface area contributed by atoms with Crippen LogP contribution in [0.3, 0.4) is 0 Å². The van der Waals surface area contributed by atoms with E-state index < -0.39 is 0 Å². The van der Waals surface area contributed by atoms with Crippen LogP contribution in [-0.2, 0) is 11.2 Å². The van der Waals surface area contributed by atoms with E-state index in [1.165, 1.54) is 18.4 Å². The fraction of sp³-hybridized carbons (Fsp3) is 0.364. The molecule has 0 bridgehead atoms. The Hall–Kier alpha value is -2.33. The average Bonchev–Trinajstić information content (AvgIpc) is 3.21. The molecular formula is C22H25N3OS. The summed E-state index contributed by atoms with van der Waals surface area (Å²) in [5, 5.41) is 2.36. The van der Waals surface area contributed by atoms with Crippen molar-refractivity contribution in [3.63, 3.8) is 0 Å². The number of likely N-dealkylation sites (tertiary alicyclic amines) is 1. The van der Waals surface area contributed by atoms with Gasteiger partial charge in [-0.15, -0.1) is 0 Å². The molecule has 1 aliphatic rings. The van der Waals surface area contributed by atoms with Crippen LogP contribution < -0.4 is 0 Å². The minimum atomic E-state index is 0.0653. The lowest BCUT2D eigenvalue weighted by Crippen LogP contribution is -2.39. The lowest BCUT2D eigenvalue weighted by molar-refractivity contribution is -0.131. The van der Waals surface area contributed by atoms with Crippen LogP contribution in [0, 0.1) is 0 Å². The number of hydrogen-bond acceptors (Lipinski definition) is 4. The number of nitrogens with zero attached hydrogens (tertiary/aromatic N) is 3. The summed E-state index contributed by atoms with van der Waals surface area (Å²) in [5.41, 5.74) is 2.92. The molecule has 1 fully saturated rings. The first-order valence-electron chi connectivity index (χ1n) is 9.37. The Balaban J connectivity index is 1.72. The Morgan fingerprint density at radius 3 is 2.44 bits per heavy atom. The molecule has 3 rings (SSSR count). The third-order valence-corrected chi connectivity index (χ3v) is 5.23. The van der Waals surface area contributed by atoms with E-state index in [2.05, 4.69) is 39.4 Å². The molecule has 0 aliphatic carbocycles. The first-order chi connectivity index (χ1) is 13.2. The Bertz CT molecular complexity index is 794. The molecule has 0 aromatic heterocycles. The summed E-state index contributed by atoms with van der Waals surface area (Å²) in [6, 6.07) is 18.0. The van der Waals surface area contributed by atoms with E-state index >= 15 is 0 Å². The lowest BCUT2D eigenvalue weighted by Gasteiger charge is -2.32. The molecule has 27 heavy (non-hydrogen) atoms. The molecule has 2 aromatic rings. The second-order valence-electron chi connectivity index (χ2n) is 6.99. The third kappa shape index (κ3) is 5.33. The van der Waals surface area contributed by atoms with Gasteiger partial charge in [0.1, 0.15) is 0 Å². The van der Waals surface area contributed by atoms with Gasteiger partial charge in [-0.3, -0.25) is 4.79 Å². The number of isothiocyanates is 1. The number of hydrogen-bond donors (Lipinski definition) is 0. The standard InChI is InChI=1S/C22H25N3OS/c1-24(22(26)15-18-9-11-20(12-10-18)23-17-27)21(16-25-13-5-6-14-25)19-7-3-2-4-8-19/h2-4,7-12,21H,5-6,13-16H2,1H3/t21-/m1/s1. The maximum Gasteiger partial charge on any atom is 0.227 e. The number of aliphatic imine (C=N–C) groups is 1. The molecular weight excluding hydrogens is 354 g/mol. The molecule has 4 nitrogen and oxygen atoms in total. The zero-order chi connectivity index (χ0) is 19.1. The Morgan fingerprint density at radius 1 is 1.15 bits per heavy atom. The molecule has 1 aliphatic heterocycles. The fourth-order valence-corrected chi connectivity index (χ4v) is 3.66. The van der Waals surface area contributed by atoms with Gasteiger partial charge in [-0.2, -0.15) is 4.99 Å². The van der Waals surface area contributed by atoms with Gasteiger partial charge in [0.15, 0.2) is 0 Å². The summed E-state index contributed by atoms with van der Waals surface area (Å²) in [5.74, 6) is 0.120. The summed E-state index contributed by atoms with van der Waals surface area (Å²) in [6.07, 6.45) is 2.87. The van der Waals surface area contributed by atoms with E-state index in [-0.39, 0.29) is 11.9 Å². The maximum absolute atomic E-state index is 13.0. The molecule has 0 unspecified atom stereocenters. The van der Waals surface area contributed by atoms with Gasteiger partial charge in [0.05, 0.1) is 23.3 Å². The summed E-state index contributed by atoms with van der Waals surface area (Å²) in [7, 11) is 1.92. The van der Waals surface area contributed by atoms with Crippen molar-refractivity contribution in [2.24, 2.45) is 4.99 Å². The van der Waals surface area contributed by atoms with Crippen molar-refractivity contribution in [1.29, 1.82) is 0 Å². The minimum Gasteiger partial charge on any atom is -0.337 e. The van der Waals surface area contributed by atoms with E-state index in [1.54, 1.807) is 0 Å². The zero-order valence-corrected chi connectivity index (χ0v) is 16.5. The molecule has 1 amide bonds. The first-order valence-corrected chi connectivity index (χ1v) is 9.78. The van der Waals surface area contributed by atoms with Gasteiger partial charge in [0.2, 0.25) is 5.91 Å². The largest absolute Gasteiger partial charge is 0.337 e. The topological polar surface area (TPSA) is 35.9 Å². The van der Waals surface area contributed by atoms with Crippen molar-refractivity contribution in [3.8, 4) is 0 Å². The normalized spacial score (nSPS) is 15.1. The third-order valence-electron chi connectivity index (χ3n) is 5.14. The van der Waals surface area contributed by atoms with E-state index in [9.17, 15) is 4.79 Å². The van der Waals surface area contributed by atoms with Gasteiger partial charge < -0.3 is 9.80 Å². The van der Waals surface area contributed by atoms with Crippen LogP contribution in [-0.4, -0.2) is 47.6 Å². The zero-order valence-electron chi connectivity index (χ0n) is 15.7. The fourth-order valence-electron chi connectivity index (χ4n) is 3.55. The Morgan fingerprint density at radius 2 is 1.81 bits per heavy atom. The second kappa shape index (κ2) is 9.56. The SMILES string of the molecule is CN(C(=O)Cc1ccc(N=C=S)cc1)[C@H](CN1CCCC1)c1ccccc1. The number of carbonyl (C=O) groups excluding carboxylic acids is 1. The number of amides is 1. The van der Waals surface area contributed by atoms with Crippen molar-refractivity contribution in [1.82, 2.24) is 9.80 Å². The molecule has 0 N–H and O–H groups in total. The summed E-state index contributed by atoms with van der Waals surface area (Å²) in [6.45, 7) is 3.12. The van der Waals surface area contributed by atoms with Crippen molar-refractivity contribution in [2.75, 3.05) is 26.7 Å². The lowest BCUT2D eigenvalue weighted by atomic mass is 10.0. The summed E-state index contributed by atoms with van der Waals surface area (Å²) < 4.78 is 0. The average molecular weight is 380 g/mol. The molecule has 1 saturated heterocycles. The van der Waals surface area contributed by atoms with Crippen LogP contribution in [0.2, 0.25) is 0 Å². The van der Waals surface area contributed by atoms with Crippen molar-refractivity contribution in [2.45, 2.75) is 25.3 Å². The highest BCUT2D eigenvalue weighted by atomic mass is 32.1. The summed E-state index contributed by atoms with van der Waals surface area (Å²) >= 11 is 4.62. The Kier molecular flexibility index (Phi) is 6.88. The van der Waals surface area contributed by atoms with Crippen molar-refractivity contribution in [3.05, 3.63) is 65.7 Å². The van der Waals surface area contributed by atoms with Crippen LogP contribution in [0.15, 0.2) is 59.6 Å². The van der Waals surface area contributed by atoms with Gasteiger partial charge in [-0.25, -0.2) is 0 Å². The van der Waals surface area contributed by atoms with Crippen molar-refractivity contribution < 1.29 is 4.79 Å². The van der Waals surface area contributed by atoms with E-state index in [4.69, 9.17) is 0 Å². The Labute approximate surface area is 166 Å². The predicted molar refractivity (Wildman–Crippen MR) is 112 cm³/mol. The highest BCUT2D eigenvalue weighted by Crippen LogP contribution is 2.24. The highest BCUT2D eigenvalue weighted by molar-refractivity contribution is 7.78. The second-order valence-corrected chi connectivity index (χ2v) is 7.17. The monoisotopic (exact) mass is 379 g/mol. The van der Waals surface area contributed by atoms with Crippen LogP contribution >= 0.6 is 12.2 Å². The van der Waals surface area contributed by atoms with Gasteiger partial charge >= 0.3 is 0 Å². The number of likely N-dealkylation sites (N-methyl/N-ethyl adjacent to an activating group) is 1. The molecule has 1 heterocycles. The summed E-state index contributed by atoms with van der Waals surface area (Å²) in [4.78, 5) is 21.3. The molecule has 0 saturated carbocycles. The smallest absolute Gasteiger partial charge is 0.227 e. The van der Waals surface area contributed by atoms with Gasteiger partial charge in [-0.1, -0.05) is 42.5 Å². The predicted octanol–water partition coefficient (Wildman–Crippen LogP) is 4.26. The molecule has 2 aromatic carbocycles. The van der Waals surface area contributed by atoms with Gasteiger partial charge in [0.25, 0.3) is 0 Å². The minimum absolute atomic E-state index is 0.0653. The van der Waals surface area contributed by atoms with Gasteiger partial charge in [0, 0.05) is 13.6 Å². The van der Waals surface area contributed by atoms with E-state index in [0.717, 1.165) is 30.9 Å². The quantitative estimate of drug-likeness (QED) is 0.533. The number of thiocarbonyl (C=S) groups is 1. The van der Waals surface area contributed by atoms with Gasteiger partial charge in [-0.05, 0) is 61.4 Å². The van der Waals surface area contributed by atoms with Crippen LogP contribution in [0.4, 0.5) is 5.69 Å². The van der Waals surface area contributed by atoms with E-state index in [0.29, 0.717) is 6.42 Å². The van der Waals surface area contributed by atoms with Crippen LogP contribution in [0.1, 0.15) is 30.0 Å². The molecule has 5 heteroatoms.